The van der Waals surface area contributed by atoms with Crippen LogP contribution >= 0.6 is 9.24 Å². The van der Waals surface area contributed by atoms with Crippen LogP contribution in [0.25, 0.3) is 11.3 Å². The largest absolute Gasteiger partial charge is 0.437 e. The summed E-state index contributed by atoms with van der Waals surface area (Å²) in [4.78, 5) is 22.8. The minimum Gasteiger partial charge on any atom is -0.437 e. The predicted molar refractivity (Wildman–Crippen MR) is 126 cm³/mol. The van der Waals surface area contributed by atoms with E-state index in [2.05, 4.69) is 10.3 Å². The molecule has 1 aliphatic rings. The maximum Gasteiger partial charge on any atom is 0.413 e. The number of halogens is 3. The summed E-state index contributed by atoms with van der Waals surface area (Å²) in [6, 6.07) is 4.27. The summed E-state index contributed by atoms with van der Waals surface area (Å²) in [7, 11) is 2.02. The zero-order valence-electron chi connectivity index (χ0n) is 19.5. The molecule has 0 aromatic carbocycles. The second-order valence-corrected chi connectivity index (χ2v) is 10.1. The fourth-order valence-electron chi connectivity index (χ4n) is 3.83. The van der Waals surface area contributed by atoms with Gasteiger partial charge in [0.2, 0.25) is 0 Å². The van der Waals surface area contributed by atoms with Gasteiger partial charge in [-0.05, 0) is 37.5 Å². The molecule has 1 aliphatic heterocycles. The van der Waals surface area contributed by atoms with Crippen molar-refractivity contribution in [1.82, 2.24) is 9.97 Å². The van der Waals surface area contributed by atoms with Crippen molar-refractivity contribution in [3.63, 3.8) is 0 Å². The lowest BCUT2D eigenvalue weighted by Crippen LogP contribution is -2.34. The smallest absolute Gasteiger partial charge is 0.413 e. The van der Waals surface area contributed by atoms with Crippen molar-refractivity contribution in [2.45, 2.75) is 58.5 Å². The van der Waals surface area contributed by atoms with Gasteiger partial charge >= 0.3 is 6.09 Å². The van der Waals surface area contributed by atoms with E-state index in [0.29, 0.717) is 30.4 Å². The minimum atomic E-state index is -3.12. The number of nitrogens with one attached hydrogen (secondary N) is 1. The number of carbonyl (C=O) groups excluding carboxylic acids is 1. The molecular formula is C23H30F3N4O2P. The first-order valence-electron chi connectivity index (χ1n) is 10.9. The third-order valence-corrected chi connectivity index (χ3v) is 5.51. The van der Waals surface area contributed by atoms with E-state index in [9.17, 15) is 13.6 Å². The van der Waals surface area contributed by atoms with Crippen LogP contribution in [0.1, 0.15) is 58.3 Å². The summed E-state index contributed by atoms with van der Waals surface area (Å²) in [5.41, 5.74) is 0.637. The molecule has 0 radical (unpaired) electrons. The normalized spacial score (nSPS) is 17.8. The quantitative estimate of drug-likeness (QED) is 0.448. The lowest BCUT2D eigenvalue weighted by atomic mass is 9.95. The highest BCUT2D eigenvalue weighted by Crippen LogP contribution is 2.47. The molecular weight excluding hydrogens is 452 g/mol. The molecule has 6 nitrogen and oxygen atoms in total. The second kappa shape index (κ2) is 9.45. The molecule has 3 unspecified atom stereocenters. The molecule has 0 bridgehead atoms. The fourth-order valence-corrected chi connectivity index (χ4v) is 4.07. The molecule has 180 valence electrons. The first kappa shape index (κ1) is 25.2. The molecule has 0 saturated heterocycles. The van der Waals surface area contributed by atoms with Crippen molar-refractivity contribution >= 4 is 27.0 Å². The van der Waals surface area contributed by atoms with Crippen LogP contribution in [0.15, 0.2) is 24.4 Å². The highest BCUT2D eigenvalue weighted by atomic mass is 31.0. The van der Waals surface area contributed by atoms with Crippen molar-refractivity contribution in [3.05, 3.63) is 35.5 Å². The first-order chi connectivity index (χ1) is 15.3. The van der Waals surface area contributed by atoms with Crippen molar-refractivity contribution in [1.29, 1.82) is 0 Å². The molecule has 1 amide bonds. The van der Waals surface area contributed by atoms with E-state index in [1.165, 1.54) is 25.3 Å². The number of anilines is 2. The highest BCUT2D eigenvalue weighted by molar-refractivity contribution is 7.18. The summed E-state index contributed by atoms with van der Waals surface area (Å²) in [6.45, 7) is 9.48. The van der Waals surface area contributed by atoms with Gasteiger partial charge in [-0.1, -0.05) is 30.0 Å². The molecule has 3 rings (SSSR count). The number of hydrogen-bond acceptors (Lipinski definition) is 5. The SMILES string of the molecule is CCCN(CC(C)C)c1cc(C(C)(F)F)cc(-c2ccnc3c2C(C(C)(F)P)OC(=O)N3)n1. The van der Waals surface area contributed by atoms with Crippen molar-refractivity contribution in [2.75, 3.05) is 23.3 Å². The Hall–Kier alpha value is -2.41. The predicted octanol–water partition coefficient (Wildman–Crippen LogP) is 6.29. The summed E-state index contributed by atoms with van der Waals surface area (Å²) in [5.74, 6) is -2.30. The summed E-state index contributed by atoms with van der Waals surface area (Å²) < 4.78 is 49.2. The summed E-state index contributed by atoms with van der Waals surface area (Å²) in [6.07, 6.45) is 0.0899. The molecule has 1 N–H and O–H groups in total. The van der Waals surface area contributed by atoms with Crippen LogP contribution in [-0.2, 0) is 10.7 Å². The molecule has 3 atom stereocenters. The lowest BCUT2D eigenvalue weighted by Gasteiger charge is -2.33. The van der Waals surface area contributed by atoms with Crippen LogP contribution in [0.4, 0.5) is 29.6 Å². The van der Waals surface area contributed by atoms with Gasteiger partial charge in [0.25, 0.3) is 5.92 Å². The number of rotatable bonds is 8. The highest BCUT2D eigenvalue weighted by Gasteiger charge is 2.42. The number of fused-ring (bicyclic) bond motifs is 1. The van der Waals surface area contributed by atoms with Crippen molar-refractivity contribution in [3.8, 4) is 11.3 Å². The molecule has 33 heavy (non-hydrogen) atoms. The Kier molecular flexibility index (Phi) is 7.22. The molecule has 0 spiro atoms. The molecule has 2 aromatic rings. The van der Waals surface area contributed by atoms with E-state index in [1.54, 1.807) is 6.07 Å². The molecule has 2 aromatic heterocycles. The average molecular weight is 482 g/mol. The fraction of sp³-hybridized carbons (Fsp3) is 0.522. The Morgan fingerprint density at radius 1 is 1.27 bits per heavy atom. The van der Waals surface area contributed by atoms with E-state index in [-0.39, 0.29) is 22.6 Å². The number of amides is 1. The van der Waals surface area contributed by atoms with Gasteiger partial charge in [-0.2, -0.15) is 0 Å². The van der Waals surface area contributed by atoms with Gasteiger partial charge < -0.3 is 9.64 Å². The van der Waals surface area contributed by atoms with Gasteiger partial charge in [0.05, 0.1) is 5.69 Å². The number of alkyl halides is 3. The zero-order chi connectivity index (χ0) is 24.6. The Balaban J connectivity index is 2.25. The van der Waals surface area contributed by atoms with Crippen LogP contribution in [0.5, 0.6) is 0 Å². The van der Waals surface area contributed by atoms with Crippen LogP contribution in [0.2, 0.25) is 0 Å². The van der Waals surface area contributed by atoms with Gasteiger partial charge in [-0.25, -0.2) is 27.9 Å². The Morgan fingerprint density at radius 2 is 1.97 bits per heavy atom. The van der Waals surface area contributed by atoms with E-state index < -0.39 is 23.5 Å². The molecule has 0 fully saturated rings. The van der Waals surface area contributed by atoms with Crippen molar-refractivity contribution in [2.24, 2.45) is 5.92 Å². The Bertz CT molecular complexity index is 1020. The summed E-state index contributed by atoms with van der Waals surface area (Å²) in [5, 5.41) is 0.444. The number of pyridine rings is 2. The number of hydrogen-bond donors (Lipinski definition) is 1. The van der Waals surface area contributed by atoms with E-state index in [1.807, 2.05) is 34.9 Å². The molecule has 3 heterocycles. The van der Waals surface area contributed by atoms with Gasteiger partial charge in [0.15, 0.2) is 11.5 Å². The van der Waals surface area contributed by atoms with E-state index >= 15 is 4.39 Å². The minimum absolute atomic E-state index is 0.115. The number of carbonyl (C=O) groups is 1. The number of nitrogens with zero attached hydrogens (tertiary/aromatic N) is 3. The zero-order valence-corrected chi connectivity index (χ0v) is 20.6. The number of ether oxygens (including phenoxy) is 1. The molecule has 10 heteroatoms. The van der Waals surface area contributed by atoms with Crippen LogP contribution < -0.4 is 10.2 Å². The second-order valence-electron chi connectivity index (χ2n) is 9.01. The first-order valence-corrected chi connectivity index (χ1v) is 11.5. The lowest BCUT2D eigenvalue weighted by molar-refractivity contribution is 0.0174. The number of cyclic esters (lactones) is 1. The Labute approximate surface area is 194 Å². The van der Waals surface area contributed by atoms with Crippen LogP contribution in [0, 0.1) is 5.92 Å². The van der Waals surface area contributed by atoms with Gasteiger partial charge in [-0.15, -0.1) is 0 Å². The topological polar surface area (TPSA) is 67.4 Å². The standard InChI is InChI=1S/C23H30F3N4O2P/c1-6-9-30(12-13(2)3)17-11-14(22(4,24)25)10-16(28-17)15-7-8-27-20-18(15)19(23(5,26)33)32-21(31)29-20/h7-8,10-11,13,19H,6,9,12,33H2,1-5H3,(H,27,29,31). The summed E-state index contributed by atoms with van der Waals surface area (Å²) >= 11 is 0. The maximum atomic E-state index is 15.0. The molecule has 0 aliphatic carbocycles. The number of aromatic nitrogens is 2. The van der Waals surface area contributed by atoms with Crippen LogP contribution in [-0.4, -0.2) is 34.6 Å². The Morgan fingerprint density at radius 3 is 2.55 bits per heavy atom. The maximum absolute atomic E-state index is 15.0. The monoisotopic (exact) mass is 482 g/mol. The van der Waals surface area contributed by atoms with Crippen LogP contribution in [0.3, 0.4) is 0 Å². The van der Waals surface area contributed by atoms with Gasteiger partial charge in [0.1, 0.15) is 11.6 Å². The average Bonchev–Trinajstić information content (AvgIpc) is 2.70. The third kappa shape index (κ3) is 5.75. The molecule has 0 saturated carbocycles. The van der Waals surface area contributed by atoms with E-state index in [0.717, 1.165) is 13.3 Å². The van der Waals surface area contributed by atoms with Crippen molar-refractivity contribution < 1.29 is 22.7 Å². The third-order valence-electron chi connectivity index (χ3n) is 5.21. The van der Waals surface area contributed by atoms with Gasteiger partial charge in [0, 0.05) is 42.9 Å². The van der Waals surface area contributed by atoms with Gasteiger partial charge in [-0.3, -0.25) is 5.32 Å². The van der Waals surface area contributed by atoms with E-state index in [4.69, 9.17) is 9.72 Å².